The third-order valence-electron chi connectivity index (χ3n) is 5.45. The smallest absolute Gasteiger partial charge is 0.295 e. The Bertz CT molecular complexity index is 1150. The number of rotatable bonds is 6. The summed E-state index contributed by atoms with van der Waals surface area (Å²) in [4.78, 5) is 31.7. The Morgan fingerprint density at radius 2 is 1.78 bits per heavy atom. The molecule has 2 heterocycles. The molecular weight excluding hydrogens is 404 g/mol. The van der Waals surface area contributed by atoms with Crippen molar-refractivity contribution in [2.75, 3.05) is 6.61 Å². The first-order chi connectivity index (χ1) is 15.5. The number of aromatic nitrogens is 1. The first-order valence-electron chi connectivity index (χ1n) is 10.5. The van der Waals surface area contributed by atoms with Crippen LogP contribution >= 0.6 is 0 Å². The molecule has 1 fully saturated rings. The van der Waals surface area contributed by atoms with Gasteiger partial charge < -0.3 is 14.7 Å². The highest BCUT2D eigenvalue weighted by molar-refractivity contribution is 6.46. The van der Waals surface area contributed by atoms with Gasteiger partial charge in [-0.05, 0) is 43.2 Å². The van der Waals surface area contributed by atoms with Crippen LogP contribution in [0.25, 0.3) is 5.76 Å². The van der Waals surface area contributed by atoms with E-state index in [2.05, 4.69) is 4.98 Å². The molecule has 0 saturated carbocycles. The van der Waals surface area contributed by atoms with Crippen molar-refractivity contribution in [3.05, 3.63) is 101 Å². The second kappa shape index (κ2) is 9.06. The monoisotopic (exact) mass is 428 g/mol. The number of ketones is 1. The fourth-order valence-corrected chi connectivity index (χ4v) is 3.86. The van der Waals surface area contributed by atoms with E-state index in [-0.39, 0.29) is 17.9 Å². The van der Waals surface area contributed by atoms with Crippen molar-refractivity contribution >= 4 is 17.4 Å². The van der Waals surface area contributed by atoms with Gasteiger partial charge in [0.15, 0.2) is 0 Å². The van der Waals surface area contributed by atoms with Gasteiger partial charge in [-0.2, -0.15) is 0 Å². The molecular formula is C26H24N2O4. The number of Topliss-reactive ketones (excluding diaryl/α,β-unsaturated/α-hetero) is 1. The lowest BCUT2D eigenvalue weighted by atomic mass is 9.95. The van der Waals surface area contributed by atoms with Crippen LogP contribution in [0, 0.1) is 6.92 Å². The number of nitrogens with zero attached hydrogens (tertiary/aromatic N) is 2. The Kier molecular flexibility index (Phi) is 6.03. The number of carbonyl (C=O) groups excluding carboxylic acids is 2. The Balaban J connectivity index is 1.83. The Labute approximate surface area is 186 Å². The number of benzene rings is 2. The normalized spacial score (nSPS) is 17.6. The van der Waals surface area contributed by atoms with Crippen molar-refractivity contribution in [3.63, 3.8) is 0 Å². The maximum atomic E-state index is 13.1. The molecule has 162 valence electrons. The lowest BCUT2D eigenvalue weighted by Gasteiger charge is -2.25. The van der Waals surface area contributed by atoms with Crippen molar-refractivity contribution in [3.8, 4) is 5.75 Å². The van der Waals surface area contributed by atoms with E-state index >= 15 is 0 Å². The zero-order valence-corrected chi connectivity index (χ0v) is 18.0. The second-order valence-corrected chi connectivity index (χ2v) is 7.66. The molecule has 6 nitrogen and oxygen atoms in total. The molecule has 4 rings (SSSR count). The van der Waals surface area contributed by atoms with E-state index in [9.17, 15) is 14.7 Å². The van der Waals surface area contributed by atoms with Gasteiger partial charge in [0.25, 0.3) is 11.7 Å². The highest BCUT2D eigenvalue weighted by Crippen LogP contribution is 2.40. The first kappa shape index (κ1) is 21.3. The van der Waals surface area contributed by atoms with Gasteiger partial charge in [-0.15, -0.1) is 0 Å². The molecule has 0 radical (unpaired) electrons. The van der Waals surface area contributed by atoms with Crippen LogP contribution < -0.4 is 4.74 Å². The van der Waals surface area contributed by atoms with Gasteiger partial charge in [0.2, 0.25) is 0 Å². The standard InChI is InChI=1S/C26H24N2O4/c1-3-32-21-12-10-19(11-13-21)23-22(24(29)20-8-6-17(2)7-9-20)25(30)26(31)28(23)16-18-5-4-14-27-15-18/h4-15,23,29H,3,16H2,1-2H3/b24-22-. The third kappa shape index (κ3) is 4.12. The topological polar surface area (TPSA) is 79.7 Å². The summed E-state index contributed by atoms with van der Waals surface area (Å²) in [5, 5.41) is 11.1. The van der Waals surface area contributed by atoms with Crippen LogP contribution in [0.15, 0.2) is 78.6 Å². The van der Waals surface area contributed by atoms with E-state index in [1.165, 1.54) is 4.90 Å². The van der Waals surface area contributed by atoms with Crippen molar-refractivity contribution in [2.24, 2.45) is 0 Å². The zero-order valence-electron chi connectivity index (χ0n) is 18.0. The number of likely N-dealkylation sites (tertiary alicyclic amines) is 1. The number of aliphatic hydroxyl groups is 1. The summed E-state index contributed by atoms with van der Waals surface area (Å²) in [7, 11) is 0. The zero-order chi connectivity index (χ0) is 22.7. The summed E-state index contributed by atoms with van der Waals surface area (Å²) in [6, 6.07) is 17.3. The molecule has 0 bridgehead atoms. The summed E-state index contributed by atoms with van der Waals surface area (Å²) in [6.45, 7) is 4.57. The number of pyridine rings is 1. The minimum atomic E-state index is -0.729. The average Bonchev–Trinajstić information content (AvgIpc) is 3.05. The highest BCUT2D eigenvalue weighted by Gasteiger charge is 2.46. The molecule has 1 atom stereocenters. The number of carbonyl (C=O) groups is 2. The maximum absolute atomic E-state index is 13.1. The van der Waals surface area contributed by atoms with Gasteiger partial charge in [0, 0.05) is 24.5 Å². The van der Waals surface area contributed by atoms with Crippen LogP contribution in [0.5, 0.6) is 5.75 Å². The van der Waals surface area contributed by atoms with Crippen LogP contribution in [0.4, 0.5) is 0 Å². The third-order valence-corrected chi connectivity index (χ3v) is 5.45. The van der Waals surface area contributed by atoms with Crippen molar-refractivity contribution in [2.45, 2.75) is 26.4 Å². The molecule has 2 aromatic carbocycles. The minimum absolute atomic E-state index is 0.0758. The second-order valence-electron chi connectivity index (χ2n) is 7.66. The summed E-state index contributed by atoms with van der Waals surface area (Å²) >= 11 is 0. The van der Waals surface area contributed by atoms with E-state index in [1.807, 2.05) is 44.2 Å². The largest absolute Gasteiger partial charge is 0.507 e. The number of amides is 1. The van der Waals surface area contributed by atoms with Gasteiger partial charge in [-0.1, -0.05) is 48.0 Å². The predicted molar refractivity (Wildman–Crippen MR) is 121 cm³/mol. The molecule has 1 saturated heterocycles. The molecule has 6 heteroatoms. The predicted octanol–water partition coefficient (Wildman–Crippen LogP) is 4.41. The molecule has 1 amide bonds. The Morgan fingerprint density at radius 1 is 1.06 bits per heavy atom. The van der Waals surface area contributed by atoms with Crippen LogP contribution in [0.3, 0.4) is 0 Å². The van der Waals surface area contributed by atoms with E-state index in [4.69, 9.17) is 4.74 Å². The van der Waals surface area contributed by atoms with Crippen LogP contribution in [0.2, 0.25) is 0 Å². The van der Waals surface area contributed by atoms with E-state index in [0.717, 1.165) is 11.1 Å². The number of ether oxygens (including phenoxy) is 1. The van der Waals surface area contributed by atoms with Crippen molar-refractivity contribution < 1.29 is 19.4 Å². The van der Waals surface area contributed by atoms with E-state index in [1.54, 1.807) is 42.7 Å². The molecule has 1 unspecified atom stereocenters. The number of aliphatic hydroxyl groups excluding tert-OH is 1. The van der Waals surface area contributed by atoms with Crippen LogP contribution in [0.1, 0.15) is 35.2 Å². The SMILES string of the molecule is CCOc1ccc(C2/C(=C(/O)c3ccc(C)cc3)C(=O)C(=O)N2Cc2cccnc2)cc1. The van der Waals surface area contributed by atoms with Gasteiger partial charge in [-0.3, -0.25) is 14.6 Å². The molecule has 1 aliphatic rings. The fourth-order valence-electron chi connectivity index (χ4n) is 3.86. The molecule has 1 aliphatic heterocycles. The van der Waals surface area contributed by atoms with Gasteiger partial charge >= 0.3 is 0 Å². The Hall–Kier alpha value is -3.93. The number of hydrogen-bond acceptors (Lipinski definition) is 5. The van der Waals surface area contributed by atoms with Gasteiger partial charge in [0.1, 0.15) is 11.5 Å². The molecule has 0 spiro atoms. The fraction of sp³-hybridized carbons (Fsp3) is 0.192. The molecule has 1 aromatic heterocycles. The summed E-state index contributed by atoms with van der Waals surface area (Å²) in [6.07, 6.45) is 3.31. The van der Waals surface area contributed by atoms with Gasteiger partial charge in [0.05, 0.1) is 18.2 Å². The molecule has 0 aliphatic carbocycles. The van der Waals surface area contributed by atoms with Crippen LogP contribution in [-0.2, 0) is 16.1 Å². The molecule has 1 N–H and O–H groups in total. The lowest BCUT2D eigenvalue weighted by Crippen LogP contribution is -2.29. The molecule has 3 aromatic rings. The van der Waals surface area contributed by atoms with E-state index in [0.29, 0.717) is 23.5 Å². The van der Waals surface area contributed by atoms with Crippen LogP contribution in [-0.4, -0.2) is 33.3 Å². The highest BCUT2D eigenvalue weighted by atomic mass is 16.5. The first-order valence-corrected chi connectivity index (χ1v) is 10.5. The van der Waals surface area contributed by atoms with E-state index < -0.39 is 17.7 Å². The summed E-state index contributed by atoms with van der Waals surface area (Å²) < 4.78 is 5.53. The van der Waals surface area contributed by atoms with Crippen molar-refractivity contribution in [1.82, 2.24) is 9.88 Å². The quantitative estimate of drug-likeness (QED) is 0.357. The lowest BCUT2D eigenvalue weighted by molar-refractivity contribution is -0.140. The average molecular weight is 428 g/mol. The van der Waals surface area contributed by atoms with Gasteiger partial charge in [-0.25, -0.2) is 0 Å². The minimum Gasteiger partial charge on any atom is -0.507 e. The number of hydrogen-bond donors (Lipinski definition) is 1. The number of aryl methyl sites for hydroxylation is 1. The summed E-state index contributed by atoms with van der Waals surface area (Å²) in [5.41, 5.74) is 3.10. The molecule has 32 heavy (non-hydrogen) atoms. The maximum Gasteiger partial charge on any atom is 0.295 e. The Morgan fingerprint density at radius 3 is 2.41 bits per heavy atom. The van der Waals surface area contributed by atoms with Crippen molar-refractivity contribution in [1.29, 1.82) is 0 Å². The summed E-state index contributed by atoms with van der Waals surface area (Å²) in [5.74, 6) is -0.845.